The van der Waals surface area contributed by atoms with Crippen LogP contribution in [0.1, 0.15) is 24.2 Å². The van der Waals surface area contributed by atoms with Gasteiger partial charge in [-0.05, 0) is 38.1 Å². The van der Waals surface area contributed by atoms with E-state index in [0.717, 1.165) is 4.90 Å². The van der Waals surface area contributed by atoms with E-state index in [1.54, 1.807) is 31.2 Å². The first-order valence-corrected chi connectivity index (χ1v) is 8.63. The molecule has 130 valence electrons. The van der Waals surface area contributed by atoms with Crippen LogP contribution in [0.3, 0.4) is 0 Å². The van der Waals surface area contributed by atoms with Gasteiger partial charge >= 0.3 is 5.97 Å². The van der Waals surface area contributed by atoms with Gasteiger partial charge in [0, 0.05) is 16.1 Å². The lowest BCUT2D eigenvalue weighted by atomic mass is 10.1. The van der Waals surface area contributed by atoms with Crippen molar-refractivity contribution in [2.75, 3.05) is 11.9 Å². The van der Waals surface area contributed by atoms with Crippen LogP contribution in [-0.4, -0.2) is 29.5 Å². The van der Waals surface area contributed by atoms with Crippen molar-refractivity contribution in [3.8, 4) is 0 Å². The third-order valence-electron chi connectivity index (χ3n) is 3.29. The molecule has 0 bridgehead atoms. The van der Waals surface area contributed by atoms with Crippen molar-refractivity contribution < 1.29 is 19.1 Å². The third-order valence-corrected chi connectivity index (χ3v) is 4.38. The second-order valence-corrected chi connectivity index (χ2v) is 6.78. The van der Waals surface area contributed by atoms with Crippen LogP contribution in [-0.2, 0) is 14.3 Å². The van der Waals surface area contributed by atoms with Crippen molar-refractivity contribution in [3.63, 3.8) is 0 Å². The van der Waals surface area contributed by atoms with Gasteiger partial charge < -0.3 is 10.1 Å². The van der Waals surface area contributed by atoms with Gasteiger partial charge in [0.25, 0.3) is 5.91 Å². The van der Waals surface area contributed by atoms with E-state index in [-0.39, 0.29) is 12.4 Å². The highest BCUT2D eigenvalue weighted by atomic mass is 32.2. The standard InChI is InChI=1S/C19H19NO4S/c1-13(21)15-7-6-8-16(11-15)20-18(22)12-24-19(23)14(2)25-17-9-4-3-5-10-17/h3-11,14H,12H2,1-2H3,(H,20,22)/t14-/m0/s1. The Bertz CT molecular complexity index is 761. The summed E-state index contributed by atoms with van der Waals surface area (Å²) in [5, 5.41) is 2.19. The third kappa shape index (κ3) is 6.08. The quantitative estimate of drug-likeness (QED) is 0.466. The highest BCUT2D eigenvalue weighted by molar-refractivity contribution is 8.00. The molecule has 1 amide bonds. The number of carbonyl (C=O) groups is 3. The summed E-state index contributed by atoms with van der Waals surface area (Å²) in [6.45, 7) is 2.81. The van der Waals surface area contributed by atoms with Gasteiger partial charge in [-0.2, -0.15) is 0 Å². The minimum absolute atomic E-state index is 0.0886. The van der Waals surface area contributed by atoms with Crippen molar-refractivity contribution in [2.24, 2.45) is 0 Å². The fourth-order valence-electron chi connectivity index (χ4n) is 2.02. The number of hydrogen-bond donors (Lipinski definition) is 1. The number of thioether (sulfide) groups is 1. The van der Waals surface area contributed by atoms with Crippen molar-refractivity contribution in [1.29, 1.82) is 0 Å². The van der Waals surface area contributed by atoms with E-state index in [2.05, 4.69) is 5.32 Å². The molecule has 1 N–H and O–H groups in total. The number of ether oxygens (including phenoxy) is 1. The maximum Gasteiger partial charge on any atom is 0.319 e. The van der Waals surface area contributed by atoms with Gasteiger partial charge in [0.05, 0.1) is 0 Å². The van der Waals surface area contributed by atoms with Crippen LogP contribution in [0.4, 0.5) is 5.69 Å². The number of hydrogen-bond acceptors (Lipinski definition) is 5. The molecule has 6 heteroatoms. The Kier molecular flexibility index (Phi) is 6.77. The molecule has 2 rings (SSSR count). The zero-order chi connectivity index (χ0) is 18.2. The molecular formula is C19H19NO4S. The molecule has 5 nitrogen and oxygen atoms in total. The molecular weight excluding hydrogens is 338 g/mol. The highest BCUT2D eigenvalue weighted by Crippen LogP contribution is 2.23. The molecule has 0 aromatic heterocycles. The van der Waals surface area contributed by atoms with Crippen molar-refractivity contribution in [3.05, 3.63) is 60.2 Å². The molecule has 0 unspecified atom stereocenters. The molecule has 0 aliphatic rings. The maximum absolute atomic E-state index is 12.0. The largest absolute Gasteiger partial charge is 0.455 e. The molecule has 0 saturated carbocycles. The van der Waals surface area contributed by atoms with E-state index in [1.807, 2.05) is 30.3 Å². The Morgan fingerprint density at radius 1 is 1.08 bits per heavy atom. The molecule has 0 aliphatic carbocycles. The Labute approximate surface area is 150 Å². The summed E-state index contributed by atoms with van der Waals surface area (Å²) in [5.41, 5.74) is 0.989. The fourth-order valence-corrected chi connectivity index (χ4v) is 2.91. The lowest BCUT2D eigenvalue weighted by Gasteiger charge is -2.11. The molecule has 2 aromatic carbocycles. The number of rotatable bonds is 7. The van der Waals surface area contributed by atoms with Crippen LogP contribution in [0.5, 0.6) is 0 Å². The van der Waals surface area contributed by atoms with Crippen LogP contribution >= 0.6 is 11.8 Å². The number of esters is 1. The van der Waals surface area contributed by atoms with E-state index >= 15 is 0 Å². The number of amides is 1. The molecule has 0 heterocycles. The van der Waals surface area contributed by atoms with Crippen molar-refractivity contribution >= 4 is 35.1 Å². The highest BCUT2D eigenvalue weighted by Gasteiger charge is 2.17. The number of benzene rings is 2. The molecule has 2 aromatic rings. The van der Waals surface area contributed by atoms with Gasteiger partial charge in [-0.15, -0.1) is 11.8 Å². The maximum atomic E-state index is 12.0. The summed E-state index contributed by atoms with van der Waals surface area (Å²) < 4.78 is 5.05. The number of carbonyl (C=O) groups excluding carboxylic acids is 3. The number of Topliss-reactive ketones (excluding diaryl/α,β-unsaturated/α-hetero) is 1. The zero-order valence-electron chi connectivity index (χ0n) is 14.0. The van der Waals surface area contributed by atoms with Crippen molar-refractivity contribution in [2.45, 2.75) is 24.0 Å². The summed E-state index contributed by atoms with van der Waals surface area (Å²) in [4.78, 5) is 36.2. The topological polar surface area (TPSA) is 72.5 Å². The molecule has 0 spiro atoms. The summed E-state index contributed by atoms with van der Waals surface area (Å²) in [6, 6.07) is 16.1. The van der Waals surface area contributed by atoms with Crippen LogP contribution in [0.2, 0.25) is 0 Å². The normalized spacial score (nSPS) is 11.4. The lowest BCUT2D eigenvalue weighted by Crippen LogP contribution is -2.24. The SMILES string of the molecule is CC(=O)c1cccc(NC(=O)COC(=O)[C@H](C)Sc2ccccc2)c1. The molecule has 1 atom stereocenters. The Morgan fingerprint density at radius 3 is 2.48 bits per heavy atom. The predicted molar refractivity (Wildman–Crippen MR) is 97.8 cm³/mol. The van der Waals surface area contributed by atoms with Gasteiger partial charge in [0.1, 0.15) is 5.25 Å². The average molecular weight is 357 g/mol. The Hall–Kier alpha value is -2.60. The second-order valence-electron chi connectivity index (χ2n) is 5.37. The lowest BCUT2D eigenvalue weighted by molar-refractivity contribution is -0.146. The van der Waals surface area contributed by atoms with Crippen LogP contribution in [0.25, 0.3) is 0 Å². The average Bonchev–Trinajstić information content (AvgIpc) is 2.60. The first-order valence-electron chi connectivity index (χ1n) is 7.75. The number of anilines is 1. The second kappa shape index (κ2) is 9.03. The Morgan fingerprint density at radius 2 is 1.80 bits per heavy atom. The van der Waals surface area contributed by atoms with Gasteiger partial charge in [-0.25, -0.2) is 0 Å². The molecule has 0 fully saturated rings. The minimum Gasteiger partial charge on any atom is -0.455 e. The first-order chi connectivity index (χ1) is 12.0. The van der Waals surface area contributed by atoms with Gasteiger partial charge in [0.2, 0.25) is 0 Å². The van der Waals surface area contributed by atoms with Gasteiger partial charge in [-0.3, -0.25) is 14.4 Å². The van der Waals surface area contributed by atoms with Crippen LogP contribution < -0.4 is 5.32 Å². The van der Waals surface area contributed by atoms with Crippen molar-refractivity contribution in [1.82, 2.24) is 0 Å². The van der Waals surface area contributed by atoms with Gasteiger partial charge in [-0.1, -0.05) is 30.3 Å². The van der Waals surface area contributed by atoms with Crippen LogP contribution in [0, 0.1) is 0 Å². The summed E-state index contributed by atoms with van der Waals surface area (Å²) in [7, 11) is 0. The molecule has 0 radical (unpaired) electrons. The van der Waals surface area contributed by atoms with E-state index in [9.17, 15) is 14.4 Å². The smallest absolute Gasteiger partial charge is 0.319 e. The van der Waals surface area contributed by atoms with E-state index in [4.69, 9.17) is 4.74 Å². The van der Waals surface area contributed by atoms with Gasteiger partial charge in [0.15, 0.2) is 12.4 Å². The fraction of sp³-hybridized carbons (Fsp3) is 0.211. The Balaban J connectivity index is 1.82. The van der Waals surface area contributed by atoms with Crippen LogP contribution in [0.15, 0.2) is 59.5 Å². The monoisotopic (exact) mass is 357 g/mol. The predicted octanol–water partition coefficient (Wildman–Crippen LogP) is 3.55. The van der Waals surface area contributed by atoms with E-state index in [1.165, 1.54) is 18.7 Å². The molecule has 25 heavy (non-hydrogen) atoms. The summed E-state index contributed by atoms with van der Waals surface area (Å²) >= 11 is 1.37. The first kappa shape index (κ1) is 18.7. The van der Waals surface area contributed by atoms with E-state index < -0.39 is 17.1 Å². The molecule has 0 saturated heterocycles. The summed E-state index contributed by atoms with van der Waals surface area (Å²) in [5.74, 6) is -0.998. The number of ketones is 1. The molecule has 0 aliphatic heterocycles. The summed E-state index contributed by atoms with van der Waals surface area (Å²) in [6.07, 6.45) is 0. The van der Waals surface area contributed by atoms with E-state index in [0.29, 0.717) is 11.3 Å². The zero-order valence-corrected chi connectivity index (χ0v) is 14.8. The minimum atomic E-state index is -0.457. The number of nitrogens with one attached hydrogen (secondary N) is 1.